The van der Waals surface area contributed by atoms with Crippen LogP contribution < -0.4 is 11.1 Å². The standard InChI is InChI=1S/C14H22N2O/c1-3-12-4-6-13(7-5-12)8-9-14(17)16-11(2)10-15/h4-7,11H,3,8-10,15H2,1-2H3,(H,16,17). The zero-order valence-corrected chi connectivity index (χ0v) is 10.7. The summed E-state index contributed by atoms with van der Waals surface area (Å²) in [6, 6.07) is 8.49. The van der Waals surface area contributed by atoms with Gasteiger partial charge >= 0.3 is 0 Å². The van der Waals surface area contributed by atoms with Gasteiger partial charge in [-0.3, -0.25) is 4.79 Å². The molecule has 0 spiro atoms. The predicted molar refractivity (Wildman–Crippen MR) is 70.8 cm³/mol. The lowest BCUT2D eigenvalue weighted by Crippen LogP contribution is -2.37. The lowest BCUT2D eigenvalue weighted by Gasteiger charge is -2.11. The molecule has 17 heavy (non-hydrogen) atoms. The molecule has 0 saturated carbocycles. The van der Waals surface area contributed by atoms with E-state index in [0.29, 0.717) is 13.0 Å². The third-order valence-electron chi connectivity index (χ3n) is 2.83. The van der Waals surface area contributed by atoms with E-state index in [-0.39, 0.29) is 11.9 Å². The molecule has 0 aliphatic heterocycles. The molecular formula is C14H22N2O. The van der Waals surface area contributed by atoms with Crippen LogP contribution in [0.4, 0.5) is 0 Å². The van der Waals surface area contributed by atoms with Crippen LogP contribution in [0.5, 0.6) is 0 Å². The first-order chi connectivity index (χ1) is 8.15. The van der Waals surface area contributed by atoms with Crippen molar-refractivity contribution < 1.29 is 4.79 Å². The number of hydrogen-bond donors (Lipinski definition) is 2. The van der Waals surface area contributed by atoms with Crippen LogP contribution in [0.15, 0.2) is 24.3 Å². The van der Waals surface area contributed by atoms with Crippen LogP contribution >= 0.6 is 0 Å². The lowest BCUT2D eigenvalue weighted by atomic mass is 10.1. The molecule has 3 heteroatoms. The molecule has 94 valence electrons. The van der Waals surface area contributed by atoms with E-state index in [9.17, 15) is 4.79 Å². The number of nitrogens with one attached hydrogen (secondary N) is 1. The summed E-state index contributed by atoms with van der Waals surface area (Å²) in [5, 5.41) is 2.86. The Morgan fingerprint density at radius 1 is 1.29 bits per heavy atom. The molecule has 0 aliphatic carbocycles. The second kappa shape index (κ2) is 7.07. The van der Waals surface area contributed by atoms with E-state index in [2.05, 4.69) is 36.5 Å². The Hall–Kier alpha value is -1.35. The van der Waals surface area contributed by atoms with Gasteiger partial charge in [0.15, 0.2) is 0 Å². The van der Waals surface area contributed by atoms with Gasteiger partial charge in [0.05, 0.1) is 0 Å². The summed E-state index contributed by atoms with van der Waals surface area (Å²) in [4.78, 5) is 11.5. The second-order valence-electron chi connectivity index (χ2n) is 4.37. The maximum Gasteiger partial charge on any atom is 0.220 e. The summed E-state index contributed by atoms with van der Waals surface area (Å²) in [5.74, 6) is 0.0718. The van der Waals surface area contributed by atoms with Crippen molar-refractivity contribution in [2.24, 2.45) is 5.73 Å². The van der Waals surface area contributed by atoms with Crippen LogP contribution in [0.2, 0.25) is 0 Å². The highest BCUT2D eigenvalue weighted by atomic mass is 16.1. The van der Waals surface area contributed by atoms with Gasteiger partial charge in [-0.05, 0) is 30.9 Å². The minimum absolute atomic E-state index is 0.0602. The highest BCUT2D eigenvalue weighted by molar-refractivity contribution is 5.76. The van der Waals surface area contributed by atoms with Crippen molar-refractivity contribution in [3.8, 4) is 0 Å². The number of amides is 1. The van der Waals surface area contributed by atoms with Crippen molar-refractivity contribution in [1.82, 2.24) is 5.32 Å². The Kier molecular flexibility index (Phi) is 5.70. The monoisotopic (exact) mass is 234 g/mol. The Balaban J connectivity index is 2.36. The normalized spacial score (nSPS) is 12.2. The van der Waals surface area contributed by atoms with E-state index in [1.807, 2.05) is 6.92 Å². The molecule has 1 atom stereocenters. The van der Waals surface area contributed by atoms with Gasteiger partial charge in [0, 0.05) is 19.0 Å². The molecule has 3 nitrogen and oxygen atoms in total. The van der Waals surface area contributed by atoms with E-state index in [4.69, 9.17) is 5.73 Å². The first-order valence-corrected chi connectivity index (χ1v) is 6.23. The fourth-order valence-corrected chi connectivity index (χ4v) is 1.61. The highest BCUT2D eigenvalue weighted by Gasteiger charge is 2.05. The summed E-state index contributed by atoms with van der Waals surface area (Å²) in [6.07, 6.45) is 2.36. The zero-order chi connectivity index (χ0) is 12.7. The molecule has 1 amide bonds. The number of hydrogen-bond acceptors (Lipinski definition) is 2. The van der Waals surface area contributed by atoms with Crippen LogP contribution in [0.1, 0.15) is 31.4 Å². The van der Waals surface area contributed by atoms with Gasteiger partial charge in [0.2, 0.25) is 5.91 Å². The molecular weight excluding hydrogens is 212 g/mol. The molecule has 0 aromatic heterocycles. The van der Waals surface area contributed by atoms with Crippen molar-refractivity contribution in [2.75, 3.05) is 6.54 Å². The van der Waals surface area contributed by atoms with Crippen molar-refractivity contribution in [3.63, 3.8) is 0 Å². The molecule has 1 rings (SSSR count). The number of nitrogens with two attached hydrogens (primary N) is 1. The van der Waals surface area contributed by atoms with Gasteiger partial charge in [-0.2, -0.15) is 0 Å². The van der Waals surface area contributed by atoms with Crippen molar-refractivity contribution in [1.29, 1.82) is 0 Å². The largest absolute Gasteiger partial charge is 0.352 e. The van der Waals surface area contributed by atoms with Crippen molar-refractivity contribution in [2.45, 2.75) is 39.2 Å². The summed E-state index contributed by atoms with van der Waals surface area (Å²) in [6.45, 7) is 4.53. The van der Waals surface area contributed by atoms with Crippen LogP contribution in [0, 0.1) is 0 Å². The Morgan fingerprint density at radius 2 is 1.88 bits per heavy atom. The summed E-state index contributed by atoms with van der Waals surface area (Å²) >= 11 is 0. The molecule has 0 bridgehead atoms. The van der Waals surface area contributed by atoms with E-state index in [1.165, 1.54) is 11.1 Å². The molecule has 0 heterocycles. The van der Waals surface area contributed by atoms with E-state index in [0.717, 1.165) is 12.8 Å². The van der Waals surface area contributed by atoms with Gasteiger partial charge in [-0.25, -0.2) is 0 Å². The molecule has 0 saturated heterocycles. The number of carbonyl (C=O) groups is 1. The zero-order valence-electron chi connectivity index (χ0n) is 10.7. The molecule has 1 aromatic carbocycles. The maximum absolute atomic E-state index is 11.5. The number of carbonyl (C=O) groups excluding carboxylic acids is 1. The van der Waals surface area contributed by atoms with Crippen molar-refractivity contribution in [3.05, 3.63) is 35.4 Å². The second-order valence-corrected chi connectivity index (χ2v) is 4.37. The van der Waals surface area contributed by atoms with Gasteiger partial charge in [-0.1, -0.05) is 31.2 Å². The molecule has 1 unspecified atom stereocenters. The SMILES string of the molecule is CCc1ccc(CCC(=O)NC(C)CN)cc1. The Morgan fingerprint density at radius 3 is 2.41 bits per heavy atom. The predicted octanol–water partition coefficient (Wildman–Crippen LogP) is 1.64. The lowest BCUT2D eigenvalue weighted by molar-refractivity contribution is -0.121. The van der Waals surface area contributed by atoms with Crippen LogP contribution in [-0.2, 0) is 17.6 Å². The average Bonchev–Trinajstić information content (AvgIpc) is 2.36. The quantitative estimate of drug-likeness (QED) is 0.786. The smallest absolute Gasteiger partial charge is 0.220 e. The molecule has 0 aliphatic rings. The maximum atomic E-state index is 11.5. The van der Waals surface area contributed by atoms with E-state index < -0.39 is 0 Å². The van der Waals surface area contributed by atoms with Crippen molar-refractivity contribution >= 4 is 5.91 Å². The minimum Gasteiger partial charge on any atom is -0.352 e. The van der Waals surface area contributed by atoms with Gasteiger partial charge in [-0.15, -0.1) is 0 Å². The third-order valence-corrected chi connectivity index (χ3v) is 2.83. The average molecular weight is 234 g/mol. The third kappa shape index (κ3) is 5.00. The van der Waals surface area contributed by atoms with Crippen LogP contribution in [0.25, 0.3) is 0 Å². The summed E-state index contributed by atoms with van der Waals surface area (Å²) in [7, 11) is 0. The highest BCUT2D eigenvalue weighted by Crippen LogP contribution is 2.07. The van der Waals surface area contributed by atoms with E-state index >= 15 is 0 Å². The Labute approximate surface area is 103 Å². The molecule has 0 fully saturated rings. The van der Waals surface area contributed by atoms with Crippen LogP contribution in [0.3, 0.4) is 0 Å². The van der Waals surface area contributed by atoms with E-state index in [1.54, 1.807) is 0 Å². The van der Waals surface area contributed by atoms with Crippen LogP contribution in [-0.4, -0.2) is 18.5 Å². The molecule has 1 aromatic rings. The molecule has 0 radical (unpaired) electrons. The number of benzene rings is 1. The minimum atomic E-state index is 0.0602. The molecule has 3 N–H and O–H groups in total. The topological polar surface area (TPSA) is 55.1 Å². The first-order valence-electron chi connectivity index (χ1n) is 6.23. The fraction of sp³-hybridized carbons (Fsp3) is 0.500. The first kappa shape index (κ1) is 13.7. The fourth-order valence-electron chi connectivity index (χ4n) is 1.61. The van der Waals surface area contributed by atoms with Gasteiger partial charge < -0.3 is 11.1 Å². The summed E-state index contributed by atoms with van der Waals surface area (Å²) < 4.78 is 0. The number of aryl methyl sites for hydroxylation is 2. The number of rotatable bonds is 6. The summed E-state index contributed by atoms with van der Waals surface area (Å²) in [5.41, 5.74) is 7.98. The van der Waals surface area contributed by atoms with Gasteiger partial charge in [0.1, 0.15) is 0 Å². The van der Waals surface area contributed by atoms with Gasteiger partial charge in [0.25, 0.3) is 0 Å². The Bertz CT molecular complexity index is 346.